The molecule has 0 saturated heterocycles. The minimum absolute atomic E-state index is 0.209. The molecule has 0 bridgehead atoms. The molecule has 1 aromatic carbocycles. The van der Waals surface area contributed by atoms with E-state index in [1.165, 1.54) is 6.07 Å². The Morgan fingerprint density at radius 3 is 2.44 bits per heavy atom. The highest BCUT2D eigenvalue weighted by Crippen LogP contribution is 2.17. The zero-order valence-corrected chi connectivity index (χ0v) is 11.6. The normalized spacial score (nSPS) is 11.4. The molecular weight excluding hydrogens is 271 g/mol. The Morgan fingerprint density at radius 1 is 1.19 bits per heavy atom. The summed E-state index contributed by atoms with van der Waals surface area (Å²) in [6.07, 6.45) is 0. The largest absolute Gasteiger partial charge is 0.308 e. The highest BCUT2D eigenvalue weighted by atomic mass is 79.9. The van der Waals surface area contributed by atoms with Crippen LogP contribution >= 0.6 is 15.9 Å². The molecule has 90 valence electrons. The maximum Gasteiger partial charge on any atom is 0.137 e. The molecular formula is C12H18BrFN2. The monoisotopic (exact) mass is 288 g/mol. The first-order valence-corrected chi connectivity index (χ1v) is 6.05. The number of rotatable bonds is 5. The van der Waals surface area contributed by atoms with E-state index in [1.807, 2.05) is 12.1 Å². The second-order valence-corrected chi connectivity index (χ2v) is 5.14. The summed E-state index contributed by atoms with van der Waals surface area (Å²) >= 11 is 3.20. The van der Waals surface area contributed by atoms with Crippen LogP contribution in [0.3, 0.4) is 0 Å². The Morgan fingerprint density at radius 2 is 1.88 bits per heavy atom. The Balaban J connectivity index is 2.49. The van der Waals surface area contributed by atoms with Gasteiger partial charge < -0.3 is 9.80 Å². The van der Waals surface area contributed by atoms with E-state index in [4.69, 9.17) is 0 Å². The molecule has 0 atom stereocenters. The van der Waals surface area contributed by atoms with E-state index in [1.54, 1.807) is 0 Å². The van der Waals surface area contributed by atoms with Crippen LogP contribution in [0.2, 0.25) is 0 Å². The van der Waals surface area contributed by atoms with Crippen LogP contribution in [0.5, 0.6) is 0 Å². The first kappa shape index (κ1) is 13.6. The molecule has 0 fully saturated rings. The standard InChI is InChI=1S/C12H18BrFN2/c1-15(2)6-7-16(3)9-10-4-5-12(14)11(13)8-10/h4-5,8H,6-7,9H2,1-3H3. The number of halogens is 2. The van der Waals surface area contributed by atoms with Crippen LogP contribution in [0.25, 0.3) is 0 Å². The summed E-state index contributed by atoms with van der Waals surface area (Å²) in [6, 6.07) is 5.16. The first-order valence-electron chi connectivity index (χ1n) is 5.26. The van der Waals surface area contributed by atoms with Gasteiger partial charge in [0.25, 0.3) is 0 Å². The summed E-state index contributed by atoms with van der Waals surface area (Å²) in [5, 5.41) is 0. The molecule has 0 amide bonds. The van der Waals surface area contributed by atoms with Crippen molar-refractivity contribution in [3.63, 3.8) is 0 Å². The van der Waals surface area contributed by atoms with E-state index in [9.17, 15) is 4.39 Å². The Kier molecular flexibility index (Phi) is 5.38. The van der Waals surface area contributed by atoms with Crippen molar-refractivity contribution < 1.29 is 4.39 Å². The van der Waals surface area contributed by atoms with Crippen molar-refractivity contribution >= 4 is 15.9 Å². The second kappa shape index (κ2) is 6.33. The summed E-state index contributed by atoms with van der Waals surface area (Å²) in [6.45, 7) is 2.87. The number of likely N-dealkylation sites (N-methyl/N-ethyl adjacent to an activating group) is 2. The third-order valence-electron chi connectivity index (χ3n) is 2.37. The Labute approximate surface area is 105 Å². The lowest BCUT2D eigenvalue weighted by molar-refractivity contribution is 0.276. The minimum atomic E-state index is -0.209. The molecule has 0 heterocycles. The van der Waals surface area contributed by atoms with Gasteiger partial charge in [0.2, 0.25) is 0 Å². The number of nitrogens with zero attached hydrogens (tertiary/aromatic N) is 2. The summed E-state index contributed by atoms with van der Waals surface area (Å²) in [7, 11) is 6.19. The van der Waals surface area contributed by atoms with E-state index < -0.39 is 0 Å². The van der Waals surface area contributed by atoms with Crippen molar-refractivity contribution in [2.75, 3.05) is 34.2 Å². The lowest BCUT2D eigenvalue weighted by Crippen LogP contribution is -2.28. The topological polar surface area (TPSA) is 6.48 Å². The molecule has 4 heteroatoms. The van der Waals surface area contributed by atoms with Gasteiger partial charge in [-0.2, -0.15) is 0 Å². The molecule has 0 aromatic heterocycles. The Bertz CT molecular complexity index is 342. The summed E-state index contributed by atoms with van der Waals surface area (Å²) in [5.41, 5.74) is 1.12. The van der Waals surface area contributed by atoms with Gasteiger partial charge in [0.15, 0.2) is 0 Å². The summed E-state index contributed by atoms with van der Waals surface area (Å²) in [5.74, 6) is -0.209. The van der Waals surface area contributed by atoms with E-state index in [-0.39, 0.29) is 5.82 Å². The van der Waals surface area contributed by atoms with E-state index >= 15 is 0 Å². The fourth-order valence-electron chi connectivity index (χ4n) is 1.40. The quantitative estimate of drug-likeness (QED) is 0.822. The van der Waals surface area contributed by atoms with Crippen LogP contribution in [0.4, 0.5) is 4.39 Å². The van der Waals surface area contributed by atoms with Crippen LogP contribution < -0.4 is 0 Å². The van der Waals surface area contributed by atoms with Gasteiger partial charge >= 0.3 is 0 Å². The molecule has 0 spiro atoms. The zero-order chi connectivity index (χ0) is 12.1. The molecule has 16 heavy (non-hydrogen) atoms. The zero-order valence-electron chi connectivity index (χ0n) is 10.0. The van der Waals surface area contributed by atoms with Crippen molar-refractivity contribution in [2.24, 2.45) is 0 Å². The predicted octanol–water partition coefficient (Wildman–Crippen LogP) is 2.58. The van der Waals surface area contributed by atoms with Gasteiger partial charge in [-0.25, -0.2) is 4.39 Å². The number of hydrogen-bond acceptors (Lipinski definition) is 2. The molecule has 0 aliphatic rings. The smallest absolute Gasteiger partial charge is 0.137 e. The Hall–Kier alpha value is -0.450. The van der Waals surface area contributed by atoms with Crippen molar-refractivity contribution in [2.45, 2.75) is 6.54 Å². The summed E-state index contributed by atoms with van der Waals surface area (Å²) in [4.78, 5) is 4.37. The molecule has 0 aliphatic heterocycles. The SMILES string of the molecule is CN(C)CCN(C)Cc1ccc(F)c(Br)c1. The van der Waals surface area contributed by atoms with Crippen molar-refractivity contribution in [3.8, 4) is 0 Å². The van der Waals surface area contributed by atoms with Gasteiger partial charge in [-0.15, -0.1) is 0 Å². The fourth-order valence-corrected chi connectivity index (χ4v) is 1.83. The number of hydrogen-bond donors (Lipinski definition) is 0. The van der Waals surface area contributed by atoms with E-state index in [0.717, 1.165) is 25.2 Å². The van der Waals surface area contributed by atoms with Gasteiger partial charge in [-0.05, 0) is 54.8 Å². The lowest BCUT2D eigenvalue weighted by atomic mass is 10.2. The van der Waals surface area contributed by atoms with Crippen LogP contribution in [0, 0.1) is 5.82 Å². The van der Waals surface area contributed by atoms with E-state index in [2.05, 4.69) is 46.9 Å². The number of benzene rings is 1. The third-order valence-corrected chi connectivity index (χ3v) is 2.97. The molecule has 1 rings (SSSR count). The predicted molar refractivity (Wildman–Crippen MR) is 69.0 cm³/mol. The highest BCUT2D eigenvalue weighted by Gasteiger charge is 2.04. The maximum atomic E-state index is 13.0. The first-order chi connectivity index (χ1) is 7.49. The minimum Gasteiger partial charge on any atom is -0.308 e. The highest BCUT2D eigenvalue weighted by molar-refractivity contribution is 9.10. The average Bonchev–Trinajstić information content (AvgIpc) is 2.21. The second-order valence-electron chi connectivity index (χ2n) is 4.29. The van der Waals surface area contributed by atoms with Crippen LogP contribution in [0.15, 0.2) is 22.7 Å². The molecule has 0 aliphatic carbocycles. The van der Waals surface area contributed by atoms with Gasteiger partial charge in [0.05, 0.1) is 4.47 Å². The van der Waals surface area contributed by atoms with Crippen molar-refractivity contribution in [1.82, 2.24) is 9.80 Å². The fraction of sp³-hybridized carbons (Fsp3) is 0.500. The van der Waals surface area contributed by atoms with Crippen LogP contribution in [-0.2, 0) is 6.54 Å². The van der Waals surface area contributed by atoms with Crippen molar-refractivity contribution in [3.05, 3.63) is 34.1 Å². The lowest BCUT2D eigenvalue weighted by Gasteiger charge is -2.19. The third kappa shape index (κ3) is 4.60. The molecule has 0 N–H and O–H groups in total. The van der Waals surface area contributed by atoms with Gasteiger partial charge in [0.1, 0.15) is 5.82 Å². The van der Waals surface area contributed by atoms with Gasteiger partial charge in [-0.3, -0.25) is 0 Å². The average molecular weight is 289 g/mol. The maximum absolute atomic E-state index is 13.0. The molecule has 0 saturated carbocycles. The summed E-state index contributed by atoms with van der Waals surface area (Å²) < 4.78 is 13.6. The molecule has 0 unspecified atom stereocenters. The molecule has 1 aromatic rings. The van der Waals surface area contributed by atoms with Crippen LogP contribution in [0.1, 0.15) is 5.56 Å². The van der Waals surface area contributed by atoms with Crippen molar-refractivity contribution in [1.29, 1.82) is 0 Å². The van der Waals surface area contributed by atoms with Crippen LogP contribution in [-0.4, -0.2) is 44.0 Å². The van der Waals surface area contributed by atoms with Gasteiger partial charge in [-0.1, -0.05) is 6.07 Å². The van der Waals surface area contributed by atoms with Gasteiger partial charge in [0, 0.05) is 19.6 Å². The molecule has 0 radical (unpaired) electrons. The van der Waals surface area contributed by atoms with E-state index in [0.29, 0.717) is 4.47 Å². The molecule has 2 nitrogen and oxygen atoms in total.